The van der Waals surface area contributed by atoms with E-state index < -0.39 is 32.1 Å². The Kier molecular flexibility index (Phi) is 5.14. The number of carbonyl (C=O) groups is 1. The second kappa shape index (κ2) is 6.32. The van der Waals surface area contributed by atoms with Crippen LogP contribution in [0.1, 0.15) is 13.8 Å². The second-order valence-corrected chi connectivity index (χ2v) is 5.82. The van der Waals surface area contributed by atoms with E-state index in [0.717, 1.165) is 12.1 Å². The first-order chi connectivity index (χ1) is 9.96. The topological polar surface area (TPSA) is 116 Å². The molecule has 0 fully saturated rings. The molecule has 0 aliphatic heterocycles. The van der Waals surface area contributed by atoms with Crippen molar-refractivity contribution in [3.63, 3.8) is 0 Å². The lowest BCUT2D eigenvalue weighted by atomic mass is 10.3. The molecule has 0 heterocycles. The van der Waals surface area contributed by atoms with Crippen molar-refractivity contribution in [2.75, 3.05) is 5.32 Å². The summed E-state index contributed by atoms with van der Waals surface area (Å²) in [6, 6.07) is -0.0969. The van der Waals surface area contributed by atoms with E-state index in [-0.39, 0.29) is 11.6 Å². The first kappa shape index (κ1) is 17.9. The number of anilines is 1. The minimum atomic E-state index is -4.62. The SMILES string of the molecule is CC(=O)Nc1ccc(S(=O)(=O)OC(C)C(F)(F)[N+](=O)[O-])cc1. The number of hydrogen-bond acceptors (Lipinski definition) is 6. The zero-order valence-electron chi connectivity index (χ0n) is 11.4. The van der Waals surface area contributed by atoms with Crippen molar-refractivity contribution in [2.24, 2.45) is 0 Å². The molecule has 0 aromatic heterocycles. The number of benzene rings is 1. The van der Waals surface area contributed by atoms with Gasteiger partial charge in [0.2, 0.25) is 12.0 Å². The summed E-state index contributed by atoms with van der Waals surface area (Å²) in [6.45, 7) is 1.82. The summed E-state index contributed by atoms with van der Waals surface area (Å²) in [5, 5.41) is 12.6. The summed E-state index contributed by atoms with van der Waals surface area (Å²) in [4.78, 5) is 18.6. The van der Waals surface area contributed by atoms with Gasteiger partial charge in [0.25, 0.3) is 10.1 Å². The number of halogens is 2. The summed E-state index contributed by atoms with van der Waals surface area (Å²) in [5.41, 5.74) is 0.287. The van der Waals surface area contributed by atoms with Crippen LogP contribution < -0.4 is 5.32 Å². The molecule has 1 amide bonds. The zero-order chi connectivity index (χ0) is 17.1. The lowest BCUT2D eigenvalue weighted by Gasteiger charge is -2.15. The second-order valence-electron chi connectivity index (χ2n) is 4.24. The van der Waals surface area contributed by atoms with E-state index in [1.54, 1.807) is 0 Å². The van der Waals surface area contributed by atoms with Gasteiger partial charge in [0, 0.05) is 12.6 Å². The van der Waals surface area contributed by atoms with Crippen molar-refractivity contribution in [3.8, 4) is 0 Å². The Balaban J connectivity index is 2.95. The average Bonchev–Trinajstić information content (AvgIpc) is 2.37. The van der Waals surface area contributed by atoms with Crippen molar-refractivity contribution in [1.82, 2.24) is 0 Å². The molecule has 0 aliphatic rings. The van der Waals surface area contributed by atoms with Gasteiger partial charge in [-0.2, -0.15) is 8.42 Å². The van der Waals surface area contributed by atoms with Crippen LogP contribution in [0.25, 0.3) is 0 Å². The molecule has 0 saturated heterocycles. The fourth-order valence-electron chi connectivity index (χ4n) is 1.36. The van der Waals surface area contributed by atoms with Crippen LogP contribution in [-0.4, -0.2) is 31.4 Å². The predicted molar refractivity (Wildman–Crippen MR) is 70.4 cm³/mol. The van der Waals surface area contributed by atoms with Crippen molar-refractivity contribution >= 4 is 21.7 Å². The normalized spacial score (nSPS) is 13.5. The molecule has 1 N–H and O–H groups in total. The van der Waals surface area contributed by atoms with Gasteiger partial charge in [-0.15, -0.1) is 8.78 Å². The third kappa shape index (κ3) is 4.18. The maximum atomic E-state index is 13.1. The minimum absolute atomic E-state index is 0.287. The van der Waals surface area contributed by atoms with E-state index in [1.807, 2.05) is 0 Å². The van der Waals surface area contributed by atoms with E-state index >= 15 is 0 Å². The monoisotopic (exact) mass is 338 g/mol. The Bertz CT molecular complexity index is 674. The highest BCUT2D eigenvalue weighted by atomic mass is 32.2. The molecule has 0 saturated carbocycles. The smallest absolute Gasteiger partial charge is 0.326 e. The summed E-state index contributed by atoms with van der Waals surface area (Å²) in [7, 11) is -4.62. The molecule has 8 nitrogen and oxygen atoms in total. The largest absolute Gasteiger partial charge is 0.538 e. The molecule has 1 aromatic carbocycles. The van der Waals surface area contributed by atoms with Gasteiger partial charge in [-0.05, 0) is 31.2 Å². The van der Waals surface area contributed by atoms with Crippen LogP contribution in [0, 0.1) is 10.1 Å². The van der Waals surface area contributed by atoms with Crippen molar-refractivity contribution < 1.29 is 31.1 Å². The molecule has 22 heavy (non-hydrogen) atoms. The molecular formula is C11H12F2N2O6S. The molecule has 1 unspecified atom stereocenters. The molecule has 0 bridgehead atoms. The quantitative estimate of drug-likeness (QED) is 0.365. The van der Waals surface area contributed by atoms with Crippen LogP contribution in [0.5, 0.6) is 0 Å². The number of nitrogens with zero attached hydrogens (tertiary/aromatic N) is 1. The molecule has 1 atom stereocenters. The Morgan fingerprint density at radius 2 is 1.86 bits per heavy atom. The predicted octanol–water partition coefficient (Wildman–Crippen LogP) is 1.61. The standard InChI is InChI=1S/C11H12F2N2O6S/c1-7(11(12,13)15(17)18)21-22(19,20)10-5-3-9(4-6-10)14-8(2)16/h3-7H,1-2H3,(H,14,16). The van der Waals surface area contributed by atoms with Gasteiger partial charge >= 0.3 is 6.05 Å². The first-order valence-corrected chi connectivity index (χ1v) is 7.21. The van der Waals surface area contributed by atoms with Crippen LogP contribution in [0.2, 0.25) is 0 Å². The first-order valence-electron chi connectivity index (χ1n) is 5.80. The molecule has 0 aliphatic carbocycles. The molecule has 1 rings (SSSR count). The lowest BCUT2D eigenvalue weighted by Crippen LogP contribution is -2.41. The zero-order valence-corrected chi connectivity index (χ0v) is 12.3. The molecule has 122 valence electrons. The Morgan fingerprint density at radius 3 is 2.27 bits per heavy atom. The molecule has 0 radical (unpaired) electrons. The fraction of sp³-hybridized carbons (Fsp3) is 0.364. The van der Waals surface area contributed by atoms with E-state index in [4.69, 9.17) is 0 Å². The third-order valence-electron chi connectivity index (χ3n) is 2.47. The van der Waals surface area contributed by atoms with Gasteiger partial charge in [0.05, 0.1) is 9.82 Å². The molecule has 11 heteroatoms. The van der Waals surface area contributed by atoms with E-state index in [9.17, 15) is 32.1 Å². The summed E-state index contributed by atoms with van der Waals surface area (Å²) >= 11 is 0. The highest BCUT2D eigenvalue weighted by Gasteiger charge is 2.53. The minimum Gasteiger partial charge on any atom is -0.326 e. The summed E-state index contributed by atoms with van der Waals surface area (Å²) in [6.07, 6.45) is -2.48. The third-order valence-corrected chi connectivity index (χ3v) is 3.86. The van der Waals surface area contributed by atoms with E-state index in [1.165, 1.54) is 19.1 Å². The van der Waals surface area contributed by atoms with Crippen LogP contribution in [0.3, 0.4) is 0 Å². The van der Waals surface area contributed by atoms with Crippen molar-refractivity contribution in [3.05, 3.63) is 34.4 Å². The van der Waals surface area contributed by atoms with E-state index in [0.29, 0.717) is 6.92 Å². The number of nitrogens with one attached hydrogen (secondary N) is 1. The van der Waals surface area contributed by atoms with Gasteiger partial charge < -0.3 is 5.32 Å². The molecule has 0 spiro atoms. The Labute approximate surface area is 124 Å². The van der Waals surface area contributed by atoms with E-state index in [2.05, 4.69) is 9.50 Å². The lowest BCUT2D eigenvalue weighted by molar-refractivity contribution is -0.654. The van der Waals surface area contributed by atoms with Gasteiger partial charge in [-0.25, -0.2) is 4.18 Å². The number of alkyl halides is 2. The maximum absolute atomic E-state index is 13.1. The van der Waals surface area contributed by atoms with Gasteiger partial charge in [0.15, 0.2) is 0 Å². The Morgan fingerprint density at radius 1 is 1.36 bits per heavy atom. The van der Waals surface area contributed by atoms with Gasteiger partial charge in [0.1, 0.15) is 0 Å². The van der Waals surface area contributed by atoms with Gasteiger partial charge in [-0.1, -0.05) is 0 Å². The fourth-order valence-corrected chi connectivity index (χ4v) is 2.44. The number of amides is 1. The number of rotatable bonds is 6. The average molecular weight is 338 g/mol. The number of hydrogen-bond donors (Lipinski definition) is 1. The van der Waals surface area contributed by atoms with Crippen molar-refractivity contribution in [2.45, 2.75) is 30.9 Å². The highest BCUT2D eigenvalue weighted by Crippen LogP contribution is 2.26. The summed E-state index contributed by atoms with van der Waals surface area (Å²) < 4.78 is 53.8. The molecule has 1 aromatic rings. The summed E-state index contributed by atoms with van der Waals surface area (Å²) in [5.74, 6) is -0.383. The van der Waals surface area contributed by atoms with Crippen LogP contribution in [0.15, 0.2) is 29.2 Å². The van der Waals surface area contributed by atoms with Crippen LogP contribution in [-0.2, 0) is 19.1 Å². The number of carbonyl (C=O) groups excluding carboxylic acids is 1. The van der Waals surface area contributed by atoms with Crippen LogP contribution >= 0.6 is 0 Å². The highest BCUT2D eigenvalue weighted by molar-refractivity contribution is 7.86. The van der Waals surface area contributed by atoms with Crippen molar-refractivity contribution in [1.29, 1.82) is 0 Å². The Hall–Kier alpha value is -2.14. The maximum Gasteiger partial charge on any atom is 0.538 e. The van der Waals surface area contributed by atoms with Gasteiger partial charge in [-0.3, -0.25) is 14.9 Å². The van der Waals surface area contributed by atoms with Crippen LogP contribution in [0.4, 0.5) is 14.5 Å². The molecular weight excluding hydrogens is 326 g/mol. The number of nitro groups is 1.